The van der Waals surface area contributed by atoms with Crippen LogP contribution in [0.4, 0.5) is 0 Å². The number of hydrogen-bond acceptors (Lipinski definition) is 4. The molecule has 0 atom stereocenters. The van der Waals surface area contributed by atoms with Crippen molar-refractivity contribution in [3.05, 3.63) is 16.1 Å². The van der Waals surface area contributed by atoms with E-state index in [0.717, 1.165) is 23.8 Å². The van der Waals surface area contributed by atoms with Crippen LogP contribution in [0.25, 0.3) is 0 Å². The fraction of sp³-hybridized carbons (Fsp3) is 0.714. The summed E-state index contributed by atoms with van der Waals surface area (Å²) >= 11 is 1.68. The van der Waals surface area contributed by atoms with Gasteiger partial charge < -0.3 is 10.2 Å². The van der Waals surface area contributed by atoms with E-state index in [4.69, 9.17) is 0 Å². The highest BCUT2D eigenvalue weighted by atomic mass is 32.1. The zero-order chi connectivity index (χ0) is 14.5. The topological polar surface area (TPSA) is 45.2 Å². The second-order valence-electron chi connectivity index (χ2n) is 5.56. The third-order valence-corrected chi connectivity index (χ3v) is 4.21. The normalized spacial score (nSPS) is 11.6. The van der Waals surface area contributed by atoms with Gasteiger partial charge in [-0.3, -0.25) is 4.79 Å². The molecule has 0 aliphatic rings. The maximum Gasteiger partial charge on any atom is 0.236 e. The molecule has 4 nitrogen and oxygen atoms in total. The van der Waals surface area contributed by atoms with E-state index in [2.05, 4.69) is 36.5 Å². The minimum Gasteiger partial charge on any atom is -0.342 e. The number of carbonyl (C=O) groups excluding carboxylic acids is 1. The summed E-state index contributed by atoms with van der Waals surface area (Å²) in [5, 5.41) is 6.37. The van der Waals surface area contributed by atoms with Crippen molar-refractivity contribution < 1.29 is 4.79 Å². The van der Waals surface area contributed by atoms with Gasteiger partial charge in [-0.2, -0.15) is 0 Å². The minimum absolute atomic E-state index is 0.0972. The van der Waals surface area contributed by atoms with Crippen molar-refractivity contribution in [3.8, 4) is 0 Å². The van der Waals surface area contributed by atoms with Crippen molar-refractivity contribution in [2.45, 2.75) is 46.6 Å². The number of hydrogen-bond donors (Lipinski definition) is 1. The summed E-state index contributed by atoms with van der Waals surface area (Å²) in [6, 6.07) is 0. The first-order valence-corrected chi connectivity index (χ1v) is 7.69. The first-order chi connectivity index (χ1) is 8.88. The van der Waals surface area contributed by atoms with Gasteiger partial charge in [-0.05, 0) is 13.8 Å². The monoisotopic (exact) mass is 283 g/mol. The number of rotatable bonds is 6. The number of amides is 1. The maximum atomic E-state index is 11.8. The third-order valence-electron chi connectivity index (χ3n) is 2.89. The molecular formula is C14H25N3OS. The van der Waals surface area contributed by atoms with Crippen molar-refractivity contribution in [2.75, 3.05) is 19.6 Å². The Labute approximate surface area is 120 Å². The molecule has 0 saturated heterocycles. The van der Waals surface area contributed by atoms with Gasteiger partial charge in [0.05, 0.1) is 17.2 Å². The van der Waals surface area contributed by atoms with Crippen LogP contribution in [0.15, 0.2) is 5.38 Å². The van der Waals surface area contributed by atoms with Crippen molar-refractivity contribution in [1.29, 1.82) is 0 Å². The van der Waals surface area contributed by atoms with Gasteiger partial charge in [-0.1, -0.05) is 20.8 Å². The molecule has 0 fully saturated rings. The molecule has 0 bridgehead atoms. The Morgan fingerprint density at radius 2 is 2.00 bits per heavy atom. The van der Waals surface area contributed by atoms with Gasteiger partial charge in [-0.15, -0.1) is 11.3 Å². The largest absolute Gasteiger partial charge is 0.342 e. The molecule has 5 heteroatoms. The molecule has 1 aromatic heterocycles. The molecule has 108 valence electrons. The molecule has 0 aromatic carbocycles. The van der Waals surface area contributed by atoms with Gasteiger partial charge in [0, 0.05) is 30.4 Å². The van der Waals surface area contributed by atoms with E-state index < -0.39 is 0 Å². The molecule has 1 rings (SSSR count). The van der Waals surface area contributed by atoms with E-state index in [1.807, 2.05) is 18.7 Å². The molecule has 1 heterocycles. The Hall–Kier alpha value is -0.940. The van der Waals surface area contributed by atoms with E-state index >= 15 is 0 Å². The predicted molar refractivity (Wildman–Crippen MR) is 80.4 cm³/mol. The summed E-state index contributed by atoms with van der Waals surface area (Å²) in [4.78, 5) is 18.2. The lowest BCUT2D eigenvalue weighted by Gasteiger charge is -2.18. The van der Waals surface area contributed by atoms with Crippen LogP contribution in [0.5, 0.6) is 0 Å². The van der Waals surface area contributed by atoms with E-state index in [9.17, 15) is 4.79 Å². The molecule has 0 radical (unpaired) electrons. The number of nitrogens with one attached hydrogen (secondary N) is 1. The SMILES string of the molecule is CCN(CC)C(=O)CNCc1csc(C(C)(C)C)n1. The lowest BCUT2D eigenvalue weighted by atomic mass is 9.98. The summed E-state index contributed by atoms with van der Waals surface area (Å²) in [6.45, 7) is 13.0. The number of aromatic nitrogens is 1. The second-order valence-corrected chi connectivity index (χ2v) is 6.42. The van der Waals surface area contributed by atoms with Crippen LogP contribution >= 0.6 is 11.3 Å². The fourth-order valence-electron chi connectivity index (χ4n) is 1.72. The Morgan fingerprint density at radius 3 is 2.47 bits per heavy atom. The smallest absolute Gasteiger partial charge is 0.236 e. The number of nitrogens with zero attached hydrogens (tertiary/aromatic N) is 2. The van der Waals surface area contributed by atoms with Crippen molar-refractivity contribution in [3.63, 3.8) is 0 Å². The number of likely N-dealkylation sites (N-methyl/N-ethyl adjacent to an activating group) is 1. The van der Waals surface area contributed by atoms with Gasteiger partial charge in [0.1, 0.15) is 0 Å². The summed E-state index contributed by atoms with van der Waals surface area (Å²) < 4.78 is 0. The molecule has 1 amide bonds. The first kappa shape index (κ1) is 16.1. The van der Waals surface area contributed by atoms with Crippen molar-refractivity contribution >= 4 is 17.2 Å². The summed E-state index contributed by atoms with van der Waals surface area (Å²) in [5.41, 5.74) is 1.11. The number of thiazole rings is 1. The van der Waals surface area contributed by atoms with Gasteiger partial charge in [0.25, 0.3) is 0 Å². The minimum atomic E-state index is 0.0972. The molecule has 1 aromatic rings. The Bertz CT molecular complexity index is 405. The average molecular weight is 283 g/mol. The Kier molecular flexibility index (Phi) is 5.94. The fourth-order valence-corrected chi connectivity index (χ4v) is 2.63. The van der Waals surface area contributed by atoms with Crippen LogP contribution < -0.4 is 5.32 Å². The average Bonchev–Trinajstić information content (AvgIpc) is 2.79. The van der Waals surface area contributed by atoms with Crippen LogP contribution in [-0.2, 0) is 16.8 Å². The molecule has 0 spiro atoms. The quantitative estimate of drug-likeness (QED) is 0.872. The van der Waals surface area contributed by atoms with Crippen LogP contribution in [0, 0.1) is 0 Å². The lowest BCUT2D eigenvalue weighted by Crippen LogP contribution is -2.37. The molecule has 1 N–H and O–H groups in total. The van der Waals surface area contributed by atoms with Gasteiger partial charge >= 0.3 is 0 Å². The van der Waals surface area contributed by atoms with Crippen LogP contribution in [0.3, 0.4) is 0 Å². The zero-order valence-electron chi connectivity index (χ0n) is 12.6. The van der Waals surface area contributed by atoms with Crippen LogP contribution in [0.2, 0.25) is 0 Å². The van der Waals surface area contributed by atoms with Gasteiger partial charge in [0.2, 0.25) is 5.91 Å². The highest BCUT2D eigenvalue weighted by Crippen LogP contribution is 2.25. The molecule has 19 heavy (non-hydrogen) atoms. The highest BCUT2D eigenvalue weighted by molar-refractivity contribution is 7.09. The van der Waals surface area contributed by atoms with Crippen LogP contribution in [0.1, 0.15) is 45.3 Å². The Balaban J connectivity index is 2.41. The summed E-state index contributed by atoms with van der Waals surface area (Å²) in [5.74, 6) is 0.149. The van der Waals surface area contributed by atoms with Crippen molar-refractivity contribution in [1.82, 2.24) is 15.2 Å². The third kappa shape index (κ3) is 4.91. The highest BCUT2D eigenvalue weighted by Gasteiger charge is 2.18. The summed E-state index contributed by atoms with van der Waals surface area (Å²) in [6.07, 6.45) is 0. The molecule has 0 aliphatic heterocycles. The molecule has 0 unspecified atom stereocenters. The van der Waals surface area contributed by atoms with Gasteiger partial charge in [0.15, 0.2) is 0 Å². The van der Waals surface area contributed by atoms with Crippen molar-refractivity contribution in [2.24, 2.45) is 0 Å². The standard InChI is InChI=1S/C14H25N3OS/c1-6-17(7-2)12(18)9-15-8-11-10-19-13(16-11)14(3,4)5/h10,15H,6-9H2,1-5H3. The zero-order valence-corrected chi connectivity index (χ0v) is 13.4. The lowest BCUT2D eigenvalue weighted by molar-refractivity contribution is -0.129. The summed E-state index contributed by atoms with van der Waals surface area (Å²) in [7, 11) is 0. The first-order valence-electron chi connectivity index (χ1n) is 6.81. The van der Waals surface area contributed by atoms with E-state index in [-0.39, 0.29) is 11.3 Å². The van der Waals surface area contributed by atoms with Crippen LogP contribution in [-0.4, -0.2) is 35.4 Å². The molecule has 0 saturated carbocycles. The van der Waals surface area contributed by atoms with E-state index in [0.29, 0.717) is 13.1 Å². The molecule has 0 aliphatic carbocycles. The van der Waals surface area contributed by atoms with Gasteiger partial charge in [-0.25, -0.2) is 4.98 Å². The Morgan fingerprint density at radius 1 is 1.37 bits per heavy atom. The second kappa shape index (κ2) is 7.01. The molecular weight excluding hydrogens is 258 g/mol. The maximum absolute atomic E-state index is 11.8. The van der Waals surface area contributed by atoms with E-state index in [1.165, 1.54) is 0 Å². The van der Waals surface area contributed by atoms with E-state index in [1.54, 1.807) is 11.3 Å². The predicted octanol–water partition coefficient (Wildman–Crippen LogP) is 2.40. The number of carbonyl (C=O) groups is 1.